The number of benzene rings is 1. The van der Waals surface area contributed by atoms with Crippen molar-refractivity contribution in [3.05, 3.63) is 59.5 Å². The molecule has 0 bridgehead atoms. The van der Waals surface area contributed by atoms with E-state index in [1.165, 1.54) is 11.1 Å². The van der Waals surface area contributed by atoms with E-state index in [-0.39, 0.29) is 0 Å². The third-order valence-electron chi connectivity index (χ3n) is 3.20. The summed E-state index contributed by atoms with van der Waals surface area (Å²) in [7, 11) is 0. The minimum Gasteiger partial charge on any atom is -0.468 e. The molecule has 1 aromatic carbocycles. The van der Waals surface area contributed by atoms with Gasteiger partial charge in [-0.3, -0.25) is 0 Å². The molecule has 0 unspecified atom stereocenters. The standard InChI is InChI=1S/C14H15NO/c1-2-5-12-9-13(8-11(12)4-1)15-10-14-6-3-7-16-14/h1-7,13,15H,8-10H2. The average Bonchev–Trinajstić information content (AvgIpc) is 2.95. The third-order valence-corrected chi connectivity index (χ3v) is 3.20. The van der Waals surface area contributed by atoms with Gasteiger partial charge in [0, 0.05) is 6.04 Å². The second-order valence-electron chi connectivity index (χ2n) is 4.33. The molecule has 1 N–H and O–H groups in total. The fraction of sp³-hybridized carbons (Fsp3) is 0.286. The van der Waals surface area contributed by atoms with Gasteiger partial charge in [-0.15, -0.1) is 0 Å². The van der Waals surface area contributed by atoms with Gasteiger partial charge in [-0.1, -0.05) is 24.3 Å². The first-order valence-electron chi connectivity index (χ1n) is 5.74. The average molecular weight is 213 g/mol. The maximum absolute atomic E-state index is 5.31. The van der Waals surface area contributed by atoms with Crippen molar-refractivity contribution in [3.8, 4) is 0 Å². The molecule has 0 fully saturated rings. The monoisotopic (exact) mass is 213 g/mol. The van der Waals surface area contributed by atoms with Crippen molar-refractivity contribution in [2.45, 2.75) is 25.4 Å². The molecule has 0 radical (unpaired) electrons. The van der Waals surface area contributed by atoms with Crippen LogP contribution in [0.1, 0.15) is 16.9 Å². The molecule has 2 heteroatoms. The Kier molecular flexibility index (Phi) is 2.50. The molecule has 1 aliphatic carbocycles. The van der Waals surface area contributed by atoms with Gasteiger partial charge < -0.3 is 9.73 Å². The molecular formula is C14H15NO. The smallest absolute Gasteiger partial charge is 0.117 e. The maximum Gasteiger partial charge on any atom is 0.117 e. The van der Waals surface area contributed by atoms with Crippen molar-refractivity contribution >= 4 is 0 Å². The summed E-state index contributed by atoms with van der Waals surface area (Å²) in [5.41, 5.74) is 2.97. The van der Waals surface area contributed by atoms with Crippen molar-refractivity contribution in [2.24, 2.45) is 0 Å². The first kappa shape index (κ1) is 9.67. The van der Waals surface area contributed by atoms with E-state index in [1.807, 2.05) is 12.1 Å². The van der Waals surface area contributed by atoms with E-state index >= 15 is 0 Å². The summed E-state index contributed by atoms with van der Waals surface area (Å²) in [5, 5.41) is 3.54. The summed E-state index contributed by atoms with van der Waals surface area (Å²) in [4.78, 5) is 0. The van der Waals surface area contributed by atoms with Crippen molar-refractivity contribution in [3.63, 3.8) is 0 Å². The number of nitrogens with one attached hydrogen (secondary N) is 1. The fourth-order valence-electron chi connectivity index (χ4n) is 2.36. The van der Waals surface area contributed by atoms with Gasteiger partial charge in [-0.2, -0.15) is 0 Å². The molecule has 0 atom stereocenters. The van der Waals surface area contributed by atoms with Crippen molar-refractivity contribution in [2.75, 3.05) is 0 Å². The van der Waals surface area contributed by atoms with Gasteiger partial charge in [0.1, 0.15) is 5.76 Å². The molecule has 2 aromatic rings. The predicted molar refractivity (Wildman–Crippen MR) is 63.2 cm³/mol. The van der Waals surface area contributed by atoms with Gasteiger partial charge in [-0.25, -0.2) is 0 Å². The van der Waals surface area contributed by atoms with Crippen LogP contribution < -0.4 is 5.32 Å². The highest BCUT2D eigenvalue weighted by atomic mass is 16.3. The van der Waals surface area contributed by atoms with Crippen LogP contribution in [0.4, 0.5) is 0 Å². The highest BCUT2D eigenvalue weighted by molar-refractivity contribution is 5.33. The lowest BCUT2D eigenvalue weighted by atomic mass is 10.1. The Morgan fingerprint density at radius 1 is 1.06 bits per heavy atom. The van der Waals surface area contributed by atoms with Gasteiger partial charge in [0.2, 0.25) is 0 Å². The summed E-state index contributed by atoms with van der Waals surface area (Å²) >= 11 is 0. The lowest BCUT2D eigenvalue weighted by Crippen LogP contribution is -2.28. The van der Waals surface area contributed by atoms with Crippen molar-refractivity contribution < 1.29 is 4.42 Å². The molecule has 1 aromatic heterocycles. The second kappa shape index (κ2) is 4.14. The quantitative estimate of drug-likeness (QED) is 0.847. The first-order chi connectivity index (χ1) is 7.92. The van der Waals surface area contributed by atoms with E-state index < -0.39 is 0 Å². The van der Waals surface area contributed by atoms with Crippen LogP contribution in [0.15, 0.2) is 47.1 Å². The molecule has 0 saturated carbocycles. The maximum atomic E-state index is 5.31. The Balaban J connectivity index is 1.60. The SMILES string of the molecule is c1coc(CNC2Cc3ccccc3C2)c1. The Morgan fingerprint density at radius 2 is 1.81 bits per heavy atom. The topological polar surface area (TPSA) is 25.2 Å². The van der Waals surface area contributed by atoms with Crippen LogP contribution in [0, 0.1) is 0 Å². The van der Waals surface area contributed by atoms with Crippen molar-refractivity contribution in [1.82, 2.24) is 5.32 Å². The number of furan rings is 1. The summed E-state index contributed by atoms with van der Waals surface area (Å²) in [6, 6.07) is 13.2. The fourth-order valence-corrected chi connectivity index (χ4v) is 2.36. The Hall–Kier alpha value is -1.54. The van der Waals surface area contributed by atoms with Gasteiger partial charge in [0.15, 0.2) is 0 Å². The lowest BCUT2D eigenvalue weighted by Gasteiger charge is -2.09. The van der Waals surface area contributed by atoms with Crippen LogP contribution in [0.2, 0.25) is 0 Å². The first-order valence-corrected chi connectivity index (χ1v) is 5.74. The molecule has 1 aliphatic rings. The zero-order chi connectivity index (χ0) is 10.8. The zero-order valence-electron chi connectivity index (χ0n) is 9.15. The Labute approximate surface area is 95.3 Å². The van der Waals surface area contributed by atoms with E-state index in [0.717, 1.165) is 25.1 Å². The van der Waals surface area contributed by atoms with E-state index in [9.17, 15) is 0 Å². The van der Waals surface area contributed by atoms with Crippen LogP contribution >= 0.6 is 0 Å². The number of fused-ring (bicyclic) bond motifs is 1. The molecule has 0 aliphatic heterocycles. The van der Waals surface area contributed by atoms with Gasteiger partial charge in [0.25, 0.3) is 0 Å². The van der Waals surface area contributed by atoms with Crippen LogP contribution in [-0.4, -0.2) is 6.04 Å². The number of rotatable bonds is 3. The van der Waals surface area contributed by atoms with Crippen LogP contribution in [0.3, 0.4) is 0 Å². The van der Waals surface area contributed by atoms with E-state index in [4.69, 9.17) is 4.42 Å². The van der Waals surface area contributed by atoms with Gasteiger partial charge >= 0.3 is 0 Å². The van der Waals surface area contributed by atoms with E-state index in [0.29, 0.717) is 6.04 Å². The number of hydrogen-bond donors (Lipinski definition) is 1. The molecule has 2 nitrogen and oxygen atoms in total. The zero-order valence-corrected chi connectivity index (χ0v) is 9.15. The Bertz CT molecular complexity index is 436. The van der Waals surface area contributed by atoms with E-state index in [1.54, 1.807) is 6.26 Å². The molecule has 0 spiro atoms. The molecule has 3 rings (SSSR count). The minimum absolute atomic E-state index is 0.558. The lowest BCUT2D eigenvalue weighted by molar-refractivity contribution is 0.449. The predicted octanol–water partition coefficient (Wildman–Crippen LogP) is 2.54. The minimum atomic E-state index is 0.558. The Morgan fingerprint density at radius 3 is 2.44 bits per heavy atom. The molecule has 82 valence electrons. The highest BCUT2D eigenvalue weighted by Gasteiger charge is 2.20. The summed E-state index contributed by atoms with van der Waals surface area (Å²) in [6.07, 6.45) is 3.99. The summed E-state index contributed by atoms with van der Waals surface area (Å²) < 4.78 is 5.31. The molecule has 16 heavy (non-hydrogen) atoms. The van der Waals surface area contributed by atoms with Gasteiger partial charge in [-0.05, 0) is 36.1 Å². The third kappa shape index (κ3) is 1.89. The molecule has 0 saturated heterocycles. The van der Waals surface area contributed by atoms with Crippen LogP contribution in [0.25, 0.3) is 0 Å². The normalized spacial score (nSPS) is 15.2. The second-order valence-corrected chi connectivity index (χ2v) is 4.33. The van der Waals surface area contributed by atoms with Gasteiger partial charge in [0.05, 0.1) is 12.8 Å². The largest absolute Gasteiger partial charge is 0.468 e. The molecule has 0 amide bonds. The van der Waals surface area contributed by atoms with E-state index in [2.05, 4.69) is 29.6 Å². The van der Waals surface area contributed by atoms with Crippen LogP contribution in [-0.2, 0) is 19.4 Å². The highest BCUT2D eigenvalue weighted by Crippen LogP contribution is 2.21. The number of hydrogen-bond acceptors (Lipinski definition) is 2. The molecular weight excluding hydrogens is 198 g/mol. The summed E-state index contributed by atoms with van der Waals surface area (Å²) in [6.45, 7) is 0.825. The molecule has 1 heterocycles. The van der Waals surface area contributed by atoms with Crippen LogP contribution in [0.5, 0.6) is 0 Å². The summed E-state index contributed by atoms with van der Waals surface area (Å²) in [5.74, 6) is 1.01. The van der Waals surface area contributed by atoms with Crippen molar-refractivity contribution in [1.29, 1.82) is 0 Å².